The molecule has 0 saturated heterocycles. The maximum absolute atomic E-state index is 12.2. The van der Waals surface area contributed by atoms with E-state index in [1.54, 1.807) is 24.3 Å². The number of aromatic hydroxyl groups is 1. The average Bonchev–Trinajstić information content (AvgIpc) is 2.87. The number of rotatable bonds is 2. The van der Waals surface area contributed by atoms with Gasteiger partial charge in [-0.25, -0.2) is 4.79 Å². The molecule has 0 fully saturated rings. The lowest BCUT2D eigenvalue weighted by Crippen LogP contribution is -2.35. The predicted octanol–water partition coefficient (Wildman–Crippen LogP) is 1.04. The van der Waals surface area contributed by atoms with Crippen LogP contribution in [0.25, 0.3) is 10.9 Å². The number of phenolic OH excluding ortho intramolecular Hbond substituents is 1. The minimum atomic E-state index is -0.548. The molecule has 3 rings (SSSR count). The second-order valence-corrected chi connectivity index (χ2v) is 4.10. The van der Waals surface area contributed by atoms with Crippen molar-refractivity contribution in [2.45, 2.75) is 6.54 Å². The minimum absolute atomic E-state index is 0.0193. The summed E-state index contributed by atoms with van der Waals surface area (Å²) >= 11 is 0. The molecule has 0 spiro atoms. The molecule has 0 amide bonds. The Morgan fingerprint density at radius 2 is 2.05 bits per heavy atom. The van der Waals surface area contributed by atoms with Gasteiger partial charge in [-0.2, -0.15) is 0 Å². The molecule has 6 nitrogen and oxygen atoms in total. The molecule has 2 N–H and O–H groups in total. The van der Waals surface area contributed by atoms with Crippen LogP contribution in [0.1, 0.15) is 5.76 Å². The Balaban J connectivity index is 2.28. The summed E-state index contributed by atoms with van der Waals surface area (Å²) in [4.78, 5) is 26.7. The quantitative estimate of drug-likeness (QED) is 0.718. The Hall–Kier alpha value is -2.76. The van der Waals surface area contributed by atoms with Crippen LogP contribution in [0.4, 0.5) is 0 Å². The van der Waals surface area contributed by atoms with E-state index < -0.39 is 11.2 Å². The highest BCUT2D eigenvalue weighted by Crippen LogP contribution is 2.17. The molecular weight excluding hydrogens is 248 g/mol. The second kappa shape index (κ2) is 4.16. The Labute approximate surface area is 106 Å². The topological polar surface area (TPSA) is 88.2 Å². The van der Waals surface area contributed by atoms with Crippen LogP contribution in [0.3, 0.4) is 0 Å². The van der Waals surface area contributed by atoms with Crippen LogP contribution in [0.5, 0.6) is 5.75 Å². The van der Waals surface area contributed by atoms with Crippen LogP contribution in [0.15, 0.2) is 50.6 Å². The van der Waals surface area contributed by atoms with E-state index in [-0.39, 0.29) is 17.7 Å². The molecule has 2 aromatic heterocycles. The standard InChI is InChI=1S/C13H10N2O4/c16-10-5-1-4-9-11(10)12(17)15(13(18)14-9)7-8-3-2-6-19-8/h1-6,16H,7H2,(H,14,18). The third kappa shape index (κ3) is 1.83. The van der Waals surface area contributed by atoms with Crippen molar-refractivity contribution in [3.8, 4) is 5.75 Å². The van der Waals surface area contributed by atoms with Gasteiger partial charge in [0.2, 0.25) is 0 Å². The Morgan fingerprint density at radius 1 is 1.21 bits per heavy atom. The van der Waals surface area contributed by atoms with Crippen molar-refractivity contribution >= 4 is 10.9 Å². The fraction of sp³-hybridized carbons (Fsp3) is 0.0769. The lowest BCUT2D eigenvalue weighted by Gasteiger charge is -2.05. The van der Waals surface area contributed by atoms with E-state index in [0.717, 1.165) is 4.57 Å². The molecule has 0 saturated carbocycles. The zero-order chi connectivity index (χ0) is 13.4. The first kappa shape index (κ1) is 11.3. The van der Waals surface area contributed by atoms with Gasteiger partial charge in [0, 0.05) is 0 Å². The van der Waals surface area contributed by atoms with E-state index in [1.807, 2.05) is 0 Å². The number of aromatic amines is 1. The molecule has 0 aliphatic rings. The maximum atomic E-state index is 12.2. The monoisotopic (exact) mass is 258 g/mol. The predicted molar refractivity (Wildman–Crippen MR) is 68.3 cm³/mol. The van der Waals surface area contributed by atoms with Crippen molar-refractivity contribution in [1.82, 2.24) is 9.55 Å². The van der Waals surface area contributed by atoms with Crippen LogP contribution in [-0.4, -0.2) is 14.7 Å². The molecule has 6 heteroatoms. The Kier molecular flexibility index (Phi) is 2.49. The van der Waals surface area contributed by atoms with Gasteiger partial charge in [-0.1, -0.05) is 6.07 Å². The molecule has 0 unspecified atom stereocenters. The van der Waals surface area contributed by atoms with Gasteiger partial charge < -0.3 is 14.5 Å². The molecule has 3 aromatic rings. The molecule has 2 heterocycles. The Morgan fingerprint density at radius 3 is 2.79 bits per heavy atom. The summed E-state index contributed by atoms with van der Waals surface area (Å²) in [5.41, 5.74) is -0.779. The molecule has 0 atom stereocenters. The normalized spacial score (nSPS) is 10.9. The van der Waals surface area contributed by atoms with Gasteiger partial charge in [-0.05, 0) is 24.3 Å². The number of aromatic nitrogens is 2. The first-order chi connectivity index (χ1) is 9.16. The lowest BCUT2D eigenvalue weighted by atomic mass is 10.2. The number of fused-ring (bicyclic) bond motifs is 1. The Bertz CT molecular complexity index is 843. The van der Waals surface area contributed by atoms with E-state index >= 15 is 0 Å². The highest BCUT2D eigenvalue weighted by atomic mass is 16.3. The first-order valence-electron chi connectivity index (χ1n) is 5.64. The molecule has 0 radical (unpaired) electrons. The molecule has 1 aromatic carbocycles. The number of hydrogen-bond acceptors (Lipinski definition) is 4. The summed E-state index contributed by atoms with van der Waals surface area (Å²) in [5, 5.41) is 9.83. The van der Waals surface area contributed by atoms with Crippen LogP contribution in [0, 0.1) is 0 Å². The van der Waals surface area contributed by atoms with Crippen molar-refractivity contribution in [2.75, 3.05) is 0 Å². The number of nitrogens with zero attached hydrogens (tertiary/aromatic N) is 1. The number of phenols is 1. The van der Waals surface area contributed by atoms with Gasteiger partial charge in [0.1, 0.15) is 16.9 Å². The minimum Gasteiger partial charge on any atom is -0.507 e. The fourth-order valence-electron chi connectivity index (χ4n) is 1.98. The number of furan rings is 1. The van der Waals surface area contributed by atoms with E-state index in [4.69, 9.17) is 4.42 Å². The fourth-order valence-corrected chi connectivity index (χ4v) is 1.98. The highest BCUT2D eigenvalue weighted by molar-refractivity contribution is 5.83. The zero-order valence-electron chi connectivity index (χ0n) is 9.79. The van der Waals surface area contributed by atoms with Crippen LogP contribution in [0.2, 0.25) is 0 Å². The molecule has 0 aliphatic carbocycles. The van der Waals surface area contributed by atoms with E-state index in [9.17, 15) is 14.7 Å². The largest absolute Gasteiger partial charge is 0.507 e. The van der Waals surface area contributed by atoms with Gasteiger partial charge in [-0.15, -0.1) is 0 Å². The van der Waals surface area contributed by atoms with Crippen LogP contribution in [-0.2, 0) is 6.54 Å². The number of nitrogens with one attached hydrogen (secondary N) is 1. The van der Waals surface area contributed by atoms with E-state index in [1.165, 1.54) is 12.3 Å². The van der Waals surface area contributed by atoms with Gasteiger partial charge in [0.15, 0.2) is 0 Å². The van der Waals surface area contributed by atoms with Gasteiger partial charge in [-0.3, -0.25) is 9.36 Å². The first-order valence-corrected chi connectivity index (χ1v) is 5.64. The van der Waals surface area contributed by atoms with Crippen molar-refractivity contribution in [3.63, 3.8) is 0 Å². The summed E-state index contributed by atoms with van der Waals surface area (Å²) in [6.07, 6.45) is 1.47. The summed E-state index contributed by atoms with van der Waals surface area (Å²) in [5.74, 6) is 0.328. The average molecular weight is 258 g/mol. The number of H-pyrrole nitrogens is 1. The molecule has 19 heavy (non-hydrogen) atoms. The maximum Gasteiger partial charge on any atom is 0.329 e. The van der Waals surface area contributed by atoms with E-state index in [0.29, 0.717) is 11.3 Å². The van der Waals surface area contributed by atoms with Crippen molar-refractivity contribution in [3.05, 3.63) is 63.2 Å². The third-order valence-electron chi connectivity index (χ3n) is 2.88. The van der Waals surface area contributed by atoms with Gasteiger partial charge in [0.25, 0.3) is 5.56 Å². The molecule has 0 bridgehead atoms. The smallest absolute Gasteiger partial charge is 0.329 e. The van der Waals surface area contributed by atoms with Crippen LogP contribution >= 0.6 is 0 Å². The van der Waals surface area contributed by atoms with Crippen molar-refractivity contribution in [2.24, 2.45) is 0 Å². The summed E-state index contributed by atoms with van der Waals surface area (Å²) in [7, 11) is 0. The zero-order valence-corrected chi connectivity index (χ0v) is 9.79. The van der Waals surface area contributed by atoms with Gasteiger partial charge in [0.05, 0.1) is 18.3 Å². The van der Waals surface area contributed by atoms with Gasteiger partial charge >= 0.3 is 5.69 Å². The van der Waals surface area contributed by atoms with Crippen molar-refractivity contribution < 1.29 is 9.52 Å². The SMILES string of the molecule is O=c1[nH]c2cccc(O)c2c(=O)n1Cc1ccco1. The van der Waals surface area contributed by atoms with Crippen molar-refractivity contribution in [1.29, 1.82) is 0 Å². The number of hydrogen-bond donors (Lipinski definition) is 2. The van der Waals surface area contributed by atoms with E-state index in [2.05, 4.69) is 4.98 Å². The summed E-state index contributed by atoms with van der Waals surface area (Å²) in [6.45, 7) is 0.0193. The molecular formula is C13H10N2O4. The molecule has 0 aliphatic heterocycles. The lowest BCUT2D eigenvalue weighted by molar-refractivity contribution is 0.475. The van der Waals surface area contributed by atoms with Crippen LogP contribution < -0.4 is 11.2 Å². The molecule has 96 valence electrons. The number of benzene rings is 1. The highest BCUT2D eigenvalue weighted by Gasteiger charge is 2.11. The third-order valence-corrected chi connectivity index (χ3v) is 2.88. The summed E-state index contributed by atoms with van der Waals surface area (Å²) in [6, 6.07) is 7.87. The summed E-state index contributed by atoms with van der Waals surface area (Å²) < 4.78 is 6.10. The second-order valence-electron chi connectivity index (χ2n) is 4.10.